The average Bonchev–Trinajstić information content (AvgIpc) is 2.71. The lowest BCUT2D eigenvalue weighted by Gasteiger charge is -2.20. The van der Waals surface area contributed by atoms with Crippen LogP contribution in [0.25, 0.3) is 0 Å². The Morgan fingerprint density at radius 2 is 2.62 bits per heavy atom. The molecule has 0 bridgehead atoms. The van der Waals surface area contributed by atoms with Gasteiger partial charge < -0.3 is 4.74 Å². The summed E-state index contributed by atoms with van der Waals surface area (Å²) in [6.07, 6.45) is 6.21. The summed E-state index contributed by atoms with van der Waals surface area (Å²) in [5.74, 6) is -0.130. The van der Waals surface area contributed by atoms with Gasteiger partial charge in [-0.05, 0) is 18.4 Å². The number of carbonyl (C=O) groups is 1. The van der Waals surface area contributed by atoms with Gasteiger partial charge >= 0.3 is 5.97 Å². The highest BCUT2D eigenvalue weighted by atomic mass is 16.5. The molecule has 1 aromatic heterocycles. The van der Waals surface area contributed by atoms with E-state index in [4.69, 9.17) is 4.74 Å². The van der Waals surface area contributed by atoms with Crippen LogP contribution < -0.4 is 0 Å². The molecule has 4 nitrogen and oxygen atoms in total. The smallest absolute Gasteiger partial charge is 0.309 e. The Bertz CT molecular complexity index is 409. The highest BCUT2D eigenvalue weighted by Crippen LogP contribution is 2.26. The minimum atomic E-state index is -0.114. The summed E-state index contributed by atoms with van der Waals surface area (Å²) in [5, 5.41) is 4.30. The molecule has 0 fully saturated rings. The minimum absolute atomic E-state index is 0.0160. The molecule has 4 heteroatoms. The maximum Gasteiger partial charge on any atom is 0.309 e. The van der Waals surface area contributed by atoms with Gasteiger partial charge in [0.15, 0.2) is 0 Å². The first-order chi connectivity index (χ1) is 7.76. The van der Waals surface area contributed by atoms with Crippen LogP contribution >= 0.6 is 0 Å². The van der Waals surface area contributed by atoms with E-state index >= 15 is 0 Å². The first-order valence-electron chi connectivity index (χ1n) is 5.48. The van der Waals surface area contributed by atoms with E-state index in [0.717, 1.165) is 25.0 Å². The zero-order valence-corrected chi connectivity index (χ0v) is 9.48. The van der Waals surface area contributed by atoms with Crippen LogP contribution in [-0.4, -0.2) is 22.9 Å². The summed E-state index contributed by atoms with van der Waals surface area (Å²) in [6, 6.07) is 0. The monoisotopic (exact) mass is 220 g/mol. The summed E-state index contributed by atoms with van der Waals surface area (Å²) in [4.78, 5) is 11.5. The molecule has 1 aromatic rings. The number of nitrogens with zero attached hydrogens (tertiary/aromatic N) is 2. The number of ether oxygens (including phenoxy) is 1. The lowest BCUT2D eigenvalue weighted by Crippen LogP contribution is -2.25. The van der Waals surface area contributed by atoms with Gasteiger partial charge in [-0.2, -0.15) is 5.10 Å². The Labute approximate surface area is 94.9 Å². The summed E-state index contributed by atoms with van der Waals surface area (Å²) in [6.45, 7) is 4.40. The number of allylic oxidation sites excluding steroid dienone is 1. The lowest BCUT2D eigenvalue weighted by molar-refractivity contribution is -0.145. The SMILES string of the molecule is C=CCn1ncc2c1C[C@@H](C(=O)OC)CC2. The Kier molecular flexibility index (Phi) is 3.08. The Morgan fingerprint density at radius 1 is 1.81 bits per heavy atom. The molecule has 0 N–H and O–H groups in total. The van der Waals surface area contributed by atoms with E-state index in [0.29, 0.717) is 6.54 Å². The first-order valence-corrected chi connectivity index (χ1v) is 5.48. The van der Waals surface area contributed by atoms with Crippen LogP contribution in [0.15, 0.2) is 18.9 Å². The molecule has 0 unspecified atom stereocenters. The third-order valence-corrected chi connectivity index (χ3v) is 3.07. The van der Waals surface area contributed by atoms with E-state index in [1.807, 2.05) is 17.0 Å². The fraction of sp³-hybridized carbons (Fsp3) is 0.500. The molecule has 0 radical (unpaired) electrons. The maximum absolute atomic E-state index is 11.5. The second kappa shape index (κ2) is 4.51. The van der Waals surface area contributed by atoms with E-state index in [2.05, 4.69) is 11.7 Å². The summed E-state index contributed by atoms with van der Waals surface area (Å²) < 4.78 is 6.71. The zero-order valence-electron chi connectivity index (χ0n) is 9.48. The van der Waals surface area contributed by atoms with Crippen molar-refractivity contribution in [1.82, 2.24) is 9.78 Å². The number of methoxy groups -OCH3 is 1. The predicted octanol–water partition coefficient (Wildman–Crippen LogP) is 1.35. The zero-order chi connectivity index (χ0) is 11.5. The molecule has 16 heavy (non-hydrogen) atoms. The van der Waals surface area contributed by atoms with E-state index in [9.17, 15) is 4.79 Å². The van der Waals surface area contributed by atoms with Crippen molar-refractivity contribution in [3.05, 3.63) is 30.1 Å². The normalized spacial score (nSPS) is 18.9. The molecule has 2 rings (SSSR count). The average molecular weight is 220 g/mol. The van der Waals surface area contributed by atoms with Gasteiger partial charge in [-0.3, -0.25) is 9.48 Å². The van der Waals surface area contributed by atoms with Crippen molar-refractivity contribution < 1.29 is 9.53 Å². The van der Waals surface area contributed by atoms with Gasteiger partial charge in [0.05, 0.1) is 25.8 Å². The van der Waals surface area contributed by atoms with Crippen molar-refractivity contribution in [3.8, 4) is 0 Å². The van der Waals surface area contributed by atoms with Crippen LogP contribution in [0.1, 0.15) is 17.7 Å². The molecule has 0 spiro atoms. The number of carbonyl (C=O) groups excluding carboxylic acids is 1. The molecule has 0 aromatic carbocycles. The van der Waals surface area contributed by atoms with E-state index < -0.39 is 0 Å². The van der Waals surface area contributed by atoms with Crippen LogP contribution in [0.3, 0.4) is 0 Å². The van der Waals surface area contributed by atoms with Gasteiger partial charge in [0.25, 0.3) is 0 Å². The topological polar surface area (TPSA) is 44.1 Å². The first kappa shape index (κ1) is 10.9. The van der Waals surface area contributed by atoms with Crippen molar-refractivity contribution in [2.75, 3.05) is 7.11 Å². The van der Waals surface area contributed by atoms with Gasteiger partial charge in [-0.25, -0.2) is 0 Å². The molecule has 1 heterocycles. The van der Waals surface area contributed by atoms with Crippen LogP contribution in [0.2, 0.25) is 0 Å². The van der Waals surface area contributed by atoms with Crippen molar-refractivity contribution in [2.24, 2.45) is 5.92 Å². The van der Waals surface area contributed by atoms with Crippen LogP contribution in [-0.2, 0) is 28.9 Å². The van der Waals surface area contributed by atoms with E-state index in [1.54, 1.807) is 0 Å². The molecule has 1 aliphatic carbocycles. The molecule has 0 aliphatic heterocycles. The second-order valence-corrected chi connectivity index (χ2v) is 4.05. The lowest BCUT2D eigenvalue weighted by atomic mass is 9.88. The Hall–Kier alpha value is -1.58. The van der Waals surface area contributed by atoms with E-state index in [-0.39, 0.29) is 11.9 Å². The third-order valence-electron chi connectivity index (χ3n) is 3.07. The fourth-order valence-corrected chi connectivity index (χ4v) is 2.21. The van der Waals surface area contributed by atoms with Crippen molar-refractivity contribution in [2.45, 2.75) is 25.8 Å². The van der Waals surface area contributed by atoms with Crippen LogP contribution in [0.5, 0.6) is 0 Å². The summed E-state index contributed by atoms with van der Waals surface area (Å²) in [7, 11) is 1.44. The molecule has 1 atom stereocenters. The van der Waals surface area contributed by atoms with Gasteiger partial charge in [0, 0.05) is 12.1 Å². The predicted molar refractivity (Wildman–Crippen MR) is 60.0 cm³/mol. The highest BCUT2D eigenvalue weighted by molar-refractivity contribution is 5.73. The summed E-state index contributed by atoms with van der Waals surface area (Å²) in [5.41, 5.74) is 2.41. The Balaban J connectivity index is 2.20. The fourth-order valence-electron chi connectivity index (χ4n) is 2.21. The van der Waals surface area contributed by atoms with Gasteiger partial charge in [-0.1, -0.05) is 6.08 Å². The Morgan fingerprint density at radius 3 is 3.31 bits per heavy atom. The van der Waals surface area contributed by atoms with Crippen LogP contribution in [0.4, 0.5) is 0 Å². The minimum Gasteiger partial charge on any atom is -0.469 e. The molecule has 86 valence electrons. The second-order valence-electron chi connectivity index (χ2n) is 4.05. The largest absolute Gasteiger partial charge is 0.469 e. The molecule has 0 amide bonds. The molecular formula is C12H16N2O2. The highest BCUT2D eigenvalue weighted by Gasteiger charge is 2.27. The number of aromatic nitrogens is 2. The number of esters is 1. The van der Waals surface area contributed by atoms with E-state index in [1.165, 1.54) is 12.7 Å². The van der Waals surface area contributed by atoms with Gasteiger partial charge in [0.2, 0.25) is 0 Å². The number of aryl methyl sites for hydroxylation is 1. The summed E-state index contributed by atoms with van der Waals surface area (Å²) >= 11 is 0. The quantitative estimate of drug-likeness (QED) is 0.570. The maximum atomic E-state index is 11.5. The number of fused-ring (bicyclic) bond motifs is 1. The molecule has 0 saturated heterocycles. The van der Waals surface area contributed by atoms with Crippen LogP contribution in [0, 0.1) is 5.92 Å². The van der Waals surface area contributed by atoms with Gasteiger partial charge in [-0.15, -0.1) is 6.58 Å². The number of rotatable bonds is 3. The number of hydrogen-bond acceptors (Lipinski definition) is 3. The third kappa shape index (κ3) is 1.87. The standard InChI is InChI=1S/C12H16N2O2/c1-3-6-14-11-7-9(12(15)16-2)4-5-10(11)8-13-14/h3,8-9H,1,4-7H2,2H3/t9-/m0/s1. The van der Waals surface area contributed by atoms with Crippen molar-refractivity contribution >= 4 is 5.97 Å². The molecule has 0 saturated carbocycles. The molecule has 1 aliphatic rings. The molecular weight excluding hydrogens is 204 g/mol. The van der Waals surface area contributed by atoms with Crippen molar-refractivity contribution in [3.63, 3.8) is 0 Å². The van der Waals surface area contributed by atoms with Gasteiger partial charge in [0.1, 0.15) is 0 Å². The number of hydrogen-bond donors (Lipinski definition) is 0. The van der Waals surface area contributed by atoms with Crippen molar-refractivity contribution in [1.29, 1.82) is 0 Å².